The van der Waals surface area contributed by atoms with E-state index < -0.39 is 53.6 Å². The maximum absolute atomic E-state index is 14.4. The molecule has 1 aliphatic carbocycles. The van der Waals surface area contributed by atoms with Gasteiger partial charge in [-0.05, 0) is 66.3 Å². The van der Waals surface area contributed by atoms with E-state index in [2.05, 4.69) is 5.32 Å². The molecule has 1 heterocycles. The maximum Gasteiger partial charge on any atom is 0.416 e. The van der Waals surface area contributed by atoms with Crippen LogP contribution in [0.2, 0.25) is 0 Å². The highest BCUT2D eigenvalue weighted by molar-refractivity contribution is 5.76. The molecule has 1 N–H and O–H groups in total. The van der Waals surface area contributed by atoms with Crippen LogP contribution in [0.3, 0.4) is 0 Å². The summed E-state index contributed by atoms with van der Waals surface area (Å²) in [6.07, 6.45) is -14.9. The number of carbonyl (C=O) groups excluding carboxylic acids is 1. The van der Waals surface area contributed by atoms with Crippen LogP contribution in [0.1, 0.15) is 60.0 Å². The van der Waals surface area contributed by atoms with E-state index in [1.807, 2.05) is 0 Å². The number of hydrogen-bond donors (Lipinski definition) is 1. The van der Waals surface area contributed by atoms with Gasteiger partial charge >= 0.3 is 18.5 Å². The van der Waals surface area contributed by atoms with Gasteiger partial charge < -0.3 is 10.2 Å². The fourth-order valence-electron chi connectivity index (χ4n) is 5.14. The fourth-order valence-corrected chi connectivity index (χ4v) is 5.14. The zero-order valence-corrected chi connectivity index (χ0v) is 19.5. The Morgan fingerprint density at radius 3 is 2.14 bits per heavy atom. The number of hydrogen-bond acceptors (Lipinski definition) is 2. The minimum Gasteiger partial charge on any atom is -0.370 e. The molecule has 4 rings (SSSR count). The number of anilines is 1. The normalized spacial score (nSPS) is 22.3. The standard InChI is InChI=1S/C25H23F9N2O/c1-2-21(37)35-20-6-3-14-9-18(4-5-19(14)20)36-8-7-22(13-36,25(32,33)34)15-10-16(23(26,27)28)12-17(11-15)24(29,30)31/h4-5,9-12,20H,2-3,6-8,13H2,1H3,(H,35,37)/t20-,22-/m1/s1. The van der Waals surface area contributed by atoms with Gasteiger partial charge in [0.1, 0.15) is 5.41 Å². The number of carbonyl (C=O) groups is 1. The third-order valence-electron chi connectivity index (χ3n) is 7.18. The molecule has 2 aromatic rings. The zero-order chi connectivity index (χ0) is 27.4. The Labute approximate surface area is 206 Å². The van der Waals surface area contributed by atoms with Gasteiger partial charge in [-0.15, -0.1) is 0 Å². The van der Waals surface area contributed by atoms with Crippen LogP contribution >= 0.6 is 0 Å². The third-order valence-corrected chi connectivity index (χ3v) is 7.18. The number of aryl methyl sites for hydroxylation is 1. The molecule has 0 radical (unpaired) electrons. The first-order chi connectivity index (χ1) is 17.0. The molecule has 202 valence electrons. The molecule has 0 saturated carbocycles. The highest BCUT2D eigenvalue weighted by atomic mass is 19.4. The summed E-state index contributed by atoms with van der Waals surface area (Å²) in [7, 11) is 0. The SMILES string of the molecule is CCC(=O)N[C@@H]1CCc2cc(N3CC[C@@](c4cc(C(F)(F)F)cc(C(F)(F)F)c4)(C(F)(F)F)C3)ccc21. The first-order valence-electron chi connectivity index (χ1n) is 11.6. The summed E-state index contributed by atoms with van der Waals surface area (Å²) in [6.45, 7) is 0.659. The smallest absolute Gasteiger partial charge is 0.370 e. The second kappa shape index (κ2) is 9.13. The van der Waals surface area contributed by atoms with Crippen LogP contribution in [0.25, 0.3) is 0 Å². The molecule has 3 nitrogen and oxygen atoms in total. The molecule has 2 aromatic carbocycles. The molecule has 1 aliphatic heterocycles. The van der Waals surface area contributed by atoms with Crippen molar-refractivity contribution >= 4 is 11.6 Å². The molecule has 2 aliphatic rings. The van der Waals surface area contributed by atoms with E-state index >= 15 is 0 Å². The Morgan fingerprint density at radius 1 is 0.973 bits per heavy atom. The maximum atomic E-state index is 14.4. The van der Waals surface area contributed by atoms with Gasteiger partial charge in [0.2, 0.25) is 5.91 Å². The molecule has 1 saturated heterocycles. The van der Waals surface area contributed by atoms with E-state index in [1.54, 1.807) is 25.1 Å². The highest BCUT2D eigenvalue weighted by Crippen LogP contribution is 2.51. The van der Waals surface area contributed by atoms with Crippen molar-refractivity contribution in [1.82, 2.24) is 5.32 Å². The second-order valence-electron chi connectivity index (χ2n) is 9.44. The number of benzene rings is 2. The number of fused-ring (bicyclic) bond motifs is 1. The minimum absolute atomic E-state index is 0.143. The molecule has 1 amide bonds. The molecule has 0 bridgehead atoms. The molecule has 0 aromatic heterocycles. The summed E-state index contributed by atoms with van der Waals surface area (Å²) in [4.78, 5) is 13.1. The van der Waals surface area contributed by atoms with Crippen molar-refractivity contribution in [3.05, 3.63) is 64.2 Å². The topological polar surface area (TPSA) is 32.3 Å². The monoisotopic (exact) mass is 538 g/mol. The van der Waals surface area contributed by atoms with Gasteiger partial charge in [0, 0.05) is 25.2 Å². The van der Waals surface area contributed by atoms with E-state index in [0.29, 0.717) is 24.9 Å². The molecule has 1 fully saturated rings. The predicted molar refractivity (Wildman–Crippen MR) is 117 cm³/mol. The summed E-state index contributed by atoms with van der Waals surface area (Å²) in [5.74, 6) is -0.143. The summed E-state index contributed by atoms with van der Waals surface area (Å²) in [6, 6.07) is 4.88. The van der Waals surface area contributed by atoms with Gasteiger partial charge in [0.15, 0.2) is 0 Å². The lowest BCUT2D eigenvalue weighted by molar-refractivity contribution is -0.185. The van der Waals surface area contributed by atoms with Crippen LogP contribution in [-0.4, -0.2) is 25.2 Å². The van der Waals surface area contributed by atoms with E-state index in [9.17, 15) is 44.3 Å². The van der Waals surface area contributed by atoms with Gasteiger partial charge in [-0.25, -0.2) is 0 Å². The van der Waals surface area contributed by atoms with Crippen molar-refractivity contribution in [2.24, 2.45) is 0 Å². The quantitative estimate of drug-likeness (QED) is 0.428. The molecular formula is C25H23F9N2O. The lowest BCUT2D eigenvalue weighted by Gasteiger charge is -2.33. The first-order valence-corrected chi connectivity index (χ1v) is 11.6. The Hall–Kier alpha value is -2.92. The molecule has 0 spiro atoms. The number of nitrogens with one attached hydrogen (secondary N) is 1. The first kappa shape index (κ1) is 27.1. The van der Waals surface area contributed by atoms with Crippen LogP contribution in [0, 0.1) is 0 Å². The Bertz CT molecular complexity index is 1150. The lowest BCUT2D eigenvalue weighted by Crippen LogP contribution is -2.45. The minimum atomic E-state index is -5.26. The second-order valence-corrected chi connectivity index (χ2v) is 9.44. The van der Waals surface area contributed by atoms with Gasteiger partial charge in [-0.3, -0.25) is 4.79 Å². The van der Waals surface area contributed by atoms with Crippen LogP contribution < -0.4 is 10.2 Å². The van der Waals surface area contributed by atoms with Gasteiger partial charge in [-0.1, -0.05) is 13.0 Å². The lowest BCUT2D eigenvalue weighted by atomic mass is 9.77. The highest BCUT2D eigenvalue weighted by Gasteiger charge is 2.60. The fraction of sp³-hybridized carbons (Fsp3) is 0.480. The number of halogens is 9. The van der Waals surface area contributed by atoms with Crippen molar-refractivity contribution in [1.29, 1.82) is 0 Å². The van der Waals surface area contributed by atoms with Crippen molar-refractivity contribution in [3.63, 3.8) is 0 Å². The summed E-state index contributed by atoms with van der Waals surface area (Å²) in [5.41, 5.74) is -5.51. The summed E-state index contributed by atoms with van der Waals surface area (Å²) < 4.78 is 123. The zero-order valence-electron chi connectivity index (χ0n) is 19.5. The largest absolute Gasteiger partial charge is 0.416 e. The van der Waals surface area contributed by atoms with Crippen molar-refractivity contribution < 1.29 is 44.3 Å². The van der Waals surface area contributed by atoms with Crippen LogP contribution in [0.15, 0.2) is 36.4 Å². The molecular weight excluding hydrogens is 515 g/mol. The average Bonchev–Trinajstić information content (AvgIpc) is 3.43. The number of nitrogens with zero attached hydrogens (tertiary/aromatic N) is 1. The number of alkyl halides is 9. The summed E-state index contributed by atoms with van der Waals surface area (Å²) >= 11 is 0. The van der Waals surface area contributed by atoms with Crippen LogP contribution in [0.4, 0.5) is 45.2 Å². The molecule has 37 heavy (non-hydrogen) atoms. The molecule has 2 atom stereocenters. The Kier molecular flexibility index (Phi) is 6.69. The third kappa shape index (κ3) is 5.11. The predicted octanol–water partition coefficient (Wildman–Crippen LogP) is 6.95. The Morgan fingerprint density at radius 2 is 1.59 bits per heavy atom. The van der Waals surface area contributed by atoms with Crippen molar-refractivity contribution in [3.8, 4) is 0 Å². The number of amides is 1. The van der Waals surface area contributed by atoms with E-state index in [4.69, 9.17) is 0 Å². The van der Waals surface area contributed by atoms with E-state index in [1.165, 1.54) is 4.90 Å². The van der Waals surface area contributed by atoms with Crippen molar-refractivity contribution in [2.75, 3.05) is 18.0 Å². The number of rotatable bonds is 4. The van der Waals surface area contributed by atoms with E-state index in [0.717, 1.165) is 11.1 Å². The van der Waals surface area contributed by atoms with Crippen LogP contribution in [0.5, 0.6) is 0 Å². The Balaban J connectivity index is 1.71. The molecule has 0 unspecified atom stereocenters. The van der Waals surface area contributed by atoms with Gasteiger partial charge in [0.05, 0.1) is 17.2 Å². The van der Waals surface area contributed by atoms with Gasteiger partial charge in [0.25, 0.3) is 0 Å². The average molecular weight is 538 g/mol. The van der Waals surface area contributed by atoms with Crippen LogP contribution in [-0.2, 0) is 29.0 Å². The van der Waals surface area contributed by atoms with Crippen molar-refractivity contribution in [2.45, 2.75) is 62.6 Å². The summed E-state index contributed by atoms with van der Waals surface area (Å²) in [5, 5.41) is 2.88. The van der Waals surface area contributed by atoms with E-state index in [-0.39, 0.29) is 36.7 Å². The van der Waals surface area contributed by atoms with Gasteiger partial charge in [-0.2, -0.15) is 39.5 Å². The molecule has 12 heteroatoms.